The van der Waals surface area contributed by atoms with E-state index in [0.29, 0.717) is 11.6 Å². The fraction of sp³-hybridized carbons (Fsp3) is 0.182. The third-order valence-electron chi connectivity index (χ3n) is 1.75. The molecule has 0 radical (unpaired) electrons. The van der Waals surface area contributed by atoms with Crippen molar-refractivity contribution in [3.8, 4) is 5.75 Å². The molecule has 0 atom stereocenters. The molecule has 0 saturated carbocycles. The SMILES string of the molecule is CC(=O)NCC=Cc1cc(O)ccc1Cl. The molecular weight excluding hydrogens is 214 g/mol. The molecule has 0 spiro atoms. The quantitative estimate of drug-likeness (QED) is 0.829. The van der Waals surface area contributed by atoms with E-state index in [-0.39, 0.29) is 11.7 Å². The Bertz CT molecular complexity index is 388. The maximum atomic E-state index is 10.6. The van der Waals surface area contributed by atoms with Crippen molar-refractivity contribution in [1.29, 1.82) is 0 Å². The molecule has 1 aromatic rings. The van der Waals surface area contributed by atoms with Gasteiger partial charge in [-0.05, 0) is 23.8 Å². The van der Waals surface area contributed by atoms with Crippen LogP contribution in [0.4, 0.5) is 0 Å². The second-order valence-corrected chi connectivity index (χ2v) is 3.45. The van der Waals surface area contributed by atoms with Crippen LogP contribution in [0.5, 0.6) is 5.75 Å². The van der Waals surface area contributed by atoms with E-state index in [2.05, 4.69) is 5.32 Å². The number of hydrogen-bond acceptors (Lipinski definition) is 2. The molecule has 0 aliphatic carbocycles. The summed E-state index contributed by atoms with van der Waals surface area (Å²) in [6.07, 6.45) is 3.51. The molecular formula is C11H12ClNO2. The molecule has 0 aliphatic heterocycles. The second kappa shape index (κ2) is 5.41. The Morgan fingerprint density at radius 3 is 3.00 bits per heavy atom. The van der Waals surface area contributed by atoms with Crippen molar-refractivity contribution in [3.05, 3.63) is 34.9 Å². The molecule has 0 aromatic heterocycles. The van der Waals surface area contributed by atoms with Crippen molar-refractivity contribution in [1.82, 2.24) is 5.32 Å². The molecule has 1 aromatic carbocycles. The third kappa shape index (κ3) is 4.04. The van der Waals surface area contributed by atoms with Gasteiger partial charge in [0, 0.05) is 18.5 Å². The smallest absolute Gasteiger partial charge is 0.217 e. The maximum absolute atomic E-state index is 10.6. The van der Waals surface area contributed by atoms with Crippen LogP contribution in [-0.4, -0.2) is 17.6 Å². The number of aromatic hydroxyl groups is 1. The van der Waals surface area contributed by atoms with Crippen LogP contribution in [0.1, 0.15) is 12.5 Å². The topological polar surface area (TPSA) is 49.3 Å². The molecule has 1 amide bonds. The number of nitrogens with one attached hydrogen (secondary N) is 1. The number of phenolic OH excluding ortho intramolecular Hbond substituents is 1. The van der Waals surface area contributed by atoms with E-state index in [1.807, 2.05) is 0 Å². The van der Waals surface area contributed by atoms with Crippen LogP contribution in [0.2, 0.25) is 5.02 Å². The lowest BCUT2D eigenvalue weighted by Crippen LogP contribution is -2.19. The van der Waals surface area contributed by atoms with E-state index in [1.54, 1.807) is 24.3 Å². The van der Waals surface area contributed by atoms with Crippen LogP contribution >= 0.6 is 11.6 Å². The van der Waals surface area contributed by atoms with Gasteiger partial charge in [-0.25, -0.2) is 0 Å². The molecule has 0 heterocycles. The first-order chi connectivity index (χ1) is 7.09. The number of carbonyl (C=O) groups excluding carboxylic acids is 1. The number of hydrogen-bond donors (Lipinski definition) is 2. The van der Waals surface area contributed by atoms with Crippen LogP contribution in [-0.2, 0) is 4.79 Å². The van der Waals surface area contributed by atoms with Crippen LogP contribution in [0.3, 0.4) is 0 Å². The van der Waals surface area contributed by atoms with Gasteiger partial charge in [0.2, 0.25) is 5.91 Å². The molecule has 0 unspecified atom stereocenters. The van der Waals surface area contributed by atoms with E-state index >= 15 is 0 Å². The summed E-state index contributed by atoms with van der Waals surface area (Å²) in [5.74, 6) is 0.0835. The summed E-state index contributed by atoms with van der Waals surface area (Å²) in [5, 5.41) is 12.4. The molecule has 0 aliphatic rings. The number of rotatable bonds is 3. The van der Waals surface area contributed by atoms with E-state index in [1.165, 1.54) is 13.0 Å². The van der Waals surface area contributed by atoms with Crippen molar-refractivity contribution >= 4 is 23.6 Å². The van der Waals surface area contributed by atoms with Crippen molar-refractivity contribution in [2.24, 2.45) is 0 Å². The zero-order valence-corrected chi connectivity index (χ0v) is 9.08. The first-order valence-corrected chi connectivity index (χ1v) is 4.87. The zero-order valence-electron chi connectivity index (χ0n) is 8.33. The largest absolute Gasteiger partial charge is 0.508 e. The fourth-order valence-electron chi connectivity index (χ4n) is 1.05. The summed E-state index contributed by atoms with van der Waals surface area (Å²) < 4.78 is 0. The van der Waals surface area contributed by atoms with Gasteiger partial charge in [-0.15, -0.1) is 0 Å². The van der Waals surface area contributed by atoms with Gasteiger partial charge in [0.25, 0.3) is 0 Å². The Hall–Kier alpha value is -1.48. The van der Waals surface area contributed by atoms with E-state index in [9.17, 15) is 9.90 Å². The van der Waals surface area contributed by atoms with E-state index in [4.69, 9.17) is 11.6 Å². The van der Waals surface area contributed by atoms with Crippen LogP contribution in [0.15, 0.2) is 24.3 Å². The Labute approximate surface area is 93.4 Å². The van der Waals surface area contributed by atoms with E-state index < -0.39 is 0 Å². The summed E-state index contributed by atoms with van der Waals surface area (Å²) in [6, 6.07) is 4.70. The van der Waals surface area contributed by atoms with Crippen LogP contribution in [0, 0.1) is 0 Å². The predicted molar refractivity (Wildman–Crippen MR) is 60.8 cm³/mol. The van der Waals surface area contributed by atoms with E-state index in [0.717, 1.165) is 5.56 Å². The van der Waals surface area contributed by atoms with Gasteiger partial charge in [0.15, 0.2) is 0 Å². The van der Waals surface area contributed by atoms with Crippen molar-refractivity contribution < 1.29 is 9.90 Å². The van der Waals surface area contributed by atoms with Crippen molar-refractivity contribution in [2.45, 2.75) is 6.92 Å². The number of halogens is 1. The Morgan fingerprint density at radius 1 is 1.60 bits per heavy atom. The average molecular weight is 226 g/mol. The van der Waals surface area contributed by atoms with Crippen LogP contribution in [0.25, 0.3) is 6.08 Å². The third-order valence-corrected chi connectivity index (χ3v) is 2.09. The lowest BCUT2D eigenvalue weighted by Gasteiger charge is -1.99. The standard InChI is InChI=1S/C11H12ClNO2/c1-8(14)13-6-2-3-9-7-10(15)4-5-11(9)12/h2-5,7,15H,6H2,1H3,(H,13,14). The second-order valence-electron chi connectivity index (χ2n) is 3.05. The van der Waals surface area contributed by atoms with Gasteiger partial charge in [0.1, 0.15) is 5.75 Å². The Balaban J connectivity index is 2.63. The molecule has 15 heavy (non-hydrogen) atoms. The van der Waals surface area contributed by atoms with Gasteiger partial charge in [-0.1, -0.05) is 23.8 Å². The Kier molecular flexibility index (Phi) is 4.18. The van der Waals surface area contributed by atoms with Gasteiger partial charge < -0.3 is 10.4 Å². The molecule has 3 nitrogen and oxygen atoms in total. The first kappa shape index (κ1) is 11.6. The Morgan fingerprint density at radius 2 is 2.33 bits per heavy atom. The molecule has 0 saturated heterocycles. The molecule has 80 valence electrons. The highest BCUT2D eigenvalue weighted by atomic mass is 35.5. The summed E-state index contributed by atoms with van der Waals surface area (Å²) in [4.78, 5) is 10.6. The van der Waals surface area contributed by atoms with Gasteiger partial charge in [-0.2, -0.15) is 0 Å². The average Bonchev–Trinajstić information content (AvgIpc) is 2.17. The van der Waals surface area contributed by atoms with Crippen molar-refractivity contribution in [2.75, 3.05) is 6.54 Å². The summed E-state index contributed by atoms with van der Waals surface area (Å²) in [6.45, 7) is 1.90. The first-order valence-electron chi connectivity index (χ1n) is 4.49. The highest BCUT2D eigenvalue weighted by Gasteiger charge is 1.97. The van der Waals surface area contributed by atoms with Gasteiger partial charge in [0.05, 0.1) is 0 Å². The number of phenols is 1. The summed E-state index contributed by atoms with van der Waals surface area (Å²) >= 11 is 5.89. The zero-order chi connectivity index (χ0) is 11.3. The highest BCUT2D eigenvalue weighted by Crippen LogP contribution is 2.21. The molecule has 0 bridgehead atoms. The highest BCUT2D eigenvalue weighted by molar-refractivity contribution is 6.32. The fourth-order valence-corrected chi connectivity index (χ4v) is 1.23. The summed E-state index contributed by atoms with van der Waals surface area (Å²) in [5.41, 5.74) is 0.724. The summed E-state index contributed by atoms with van der Waals surface area (Å²) in [7, 11) is 0. The molecule has 2 N–H and O–H groups in total. The minimum absolute atomic E-state index is 0.0818. The minimum atomic E-state index is -0.0818. The molecule has 0 fully saturated rings. The predicted octanol–water partition coefficient (Wildman–Crippen LogP) is 2.19. The number of benzene rings is 1. The van der Waals surface area contributed by atoms with Crippen LogP contribution < -0.4 is 5.32 Å². The van der Waals surface area contributed by atoms with Crippen molar-refractivity contribution in [3.63, 3.8) is 0 Å². The number of carbonyl (C=O) groups is 1. The molecule has 1 rings (SSSR count). The normalized spacial score (nSPS) is 10.5. The number of amides is 1. The minimum Gasteiger partial charge on any atom is -0.508 e. The lowest BCUT2D eigenvalue weighted by atomic mass is 10.2. The molecule has 4 heteroatoms. The van der Waals surface area contributed by atoms with Gasteiger partial charge in [-0.3, -0.25) is 4.79 Å². The monoisotopic (exact) mass is 225 g/mol. The van der Waals surface area contributed by atoms with Gasteiger partial charge >= 0.3 is 0 Å². The lowest BCUT2D eigenvalue weighted by molar-refractivity contribution is -0.118. The maximum Gasteiger partial charge on any atom is 0.217 e.